The summed E-state index contributed by atoms with van der Waals surface area (Å²) in [4.78, 5) is 15.9. The van der Waals surface area contributed by atoms with Gasteiger partial charge in [-0.1, -0.05) is 30.3 Å². The lowest BCUT2D eigenvalue weighted by molar-refractivity contribution is -0.133. The molecule has 0 aliphatic heterocycles. The number of H-pyrrole nitrogens is 1. The van der Waals surface area contributed by atoms with E-state index in [0.717, 1.165) is 16.5 Å². The molecular formula is C26H24F2N4O2. The summed E-state index contributed by atoms with van der Waals surface area (Å²) in [5.41, 5.74) is 8.25. The van der Waals surface area contributed by atoms with Gasteiger partial charge in [-0.05, 0) is 59.3 Å². The molecule has 0 spiro atoms. The van der Waals surface area contributed by atoms with Crippen LogP contribution in [0.15, 0.2) is 66.9 Å². The van der Waals surface area contributed by atoms with Crippen LogP contribution < -0.4 is 11.1 Å². The van der Waals surface area contributed by atoms with E-state index in [4.69, 9.17) is 15.9 Å². The van der Waals surface area contributed by atoms with E-state index >= 15 is 8.78 Å². The van der Waals surface area contributed by atoms with E-state index in [0.29, 0.717) is 16.7 Å². The van der Waals surface area contributed by atoms with Gasteiger partial charge in [-0.25, -0.2) is 8.78 Å². The van der Waals surface area contributed by atoms with Gasteiger partial charge in [0.05, 0.1) is 5.56 Å². The summed E-state index contributed by atoms with van der Waals surface area (Å²) in [6.45, 7) is 1.87. The third-order valence-corrected chi connectivity index (χ3v) is 5.53. The second-order valence-electron chi connectivity index (χ2n) is 7.80. The molecule has 5 N–H and O–H groups in total. The molecule has 0 fully saturated rings. The molecule has 0 saturated carbocycles. The molecule has 0 saturated heterocycles. The van der Waals surface area contributed by atoms with Crippen molar-refractivity contribution in [1.29, 1.82) is 5.41 Å². The van der Waals surface area contributed by atoms with Crippen LogP contribution in [0.25, 0.3) is 22.0 Å². The summed E-state index contributed by atoms with van der Waals surface area (Å²) < 4.78 is 35.7. The number of halogens is 2. The quantitative estimate of drug-likeness (QED) is 0.224. The molecule has 0 bridgehead atoms. The number of ether oxygens (including phenoxy) is 1. The number of fused-ring (bicyclic) bond motifs is 1. The first-order valence-corrected chi connectivity index (χ1v) is 10.8. The molecule has 4 rings (SSSR count). The highest BCUT2D eigenvalue weighted by Crippen LogP contribution is 2.31. The largest absolute Gasteiger partial charge is 0.384 e. The van der Waals surface area contributed by atoms with Gasteiger partial charge in [0.2, 0.25) is 0 Å². The first-order chi connectivity index (χ1) is 16.4. The van der Waals surface area contributed by atoms with Crippen molar-refractivity contribution in [3.63, 3.8) is 0 Å². The van der Waals surface area contributed by atoms with Gasteiger partial charge in [0, 0.05) is 30.4 Å². The van der Waals surface area contributed by atoms with Crippen LogP contribution in [-0.4, -0.2) is 23.3 Å². The zero-order chi connectivity index (χ0) is 24.2. The third kappa shape index (κ3) is 4.82. The average molecular weight is 463 g/mol. The molecule has 0 radical (unpaired) electrons. The molecule has 0 aliphatic carbocycles. The fourth-order valence-corrected chi connectivity index (χ4v) is 3.78. The maximum atomic E-state index is 15.1. The number of hydrogen-bond acceptors (Lipinski definition) is 3. The smallest absolute Gasteiger partial charge is 0.254 e. The van der Waals surface area contributed by atoms with Gasteiger partial charge in [0.25, 0.3) is 5.91 Å². The number of nitrogens with two attached hydrogens (primary N) is 1. The number of carbonyl (C=O) groups is 1. The summed E-state index contributed by atoms with van der Waals surface area (Å²) in [5, 5.41) is 11.0. The number of nitrogens with one attached hydrogen (secondary N) is 3. The molecule has 0 aliphatic rings. The predicted octanol–water partition coefficient (Wildman–Crippen LogP) is 4.79. The number of hydrogen-bond donors (Lipinski definition) is 4. The monoisotopic (exact) mass is 462 g/mol. The summed E-state index contributed by atoms with van der Waals surface area (Å²) in [6, 6.07) is 16.5. The molecule has 34 heavy (non-hydrogen) atoms. The van der Waals surface area contributed by atoms with Crippen LogP contribution in [0.2, 0.25) is 0 Å². The summed E-state index contributed by atoms with van der Waals surface area (Å²) >= 11 is 0. The highest BCUT2D eigenvalue weighted by molar-refractivity contribution is 5.94. The Balaban J connectivity index is 1.56. The SMILES string of the molecule is CCOC(C(=O)NCc1ccc(C(=N)N)cc1)c1c(F)cc(-c2ccc3[nH]ccc3c2)cc1F. The zero-order valence-electron chi connectivity index (χ0n) is 18.5. The number of benzene rings is 3. The minimum Gasteiger partial charge on any atom is -0.384 e. The minimum absolute atomic E-state index is 0.0607. The Bertz CT molecular complexity index is 1330. The Hall–Kier alpha value is -4.04. The van der Waals surface area contributed by atoms with E-state index in [9.17, 15) is 4.79 Å². The van der Waals surface area contributed by atoms with Crippen molar-refractivity contribution in [3.8, 4) is 11.1 Å². The van der Waals surface area contributed by atoms with E-state index < -0.39 is 29.2 Å². The molecule has 8 heteroatoms. The van der Waals surface area contributed by atoms with Gasteiger partial charge in [0.15, 0.2) is 6.10 Å². The number of amidine groups is 1. The van der Waals surface area contributed by atoms with Crippen LogP contribution in [0, 0.1) is 17.0 Å². The molecule has 1 amide bonds. The lowest BCUT2D eigenvalue weighted by atomic mass is 9.99. The van der Waals surface area contributed by atoms with Gasteiger partial charge >= 0.3 is 0 Å². The van der Waals surface area contributed by atoms with E-state index in [2.05, 4.69) is 10.3 Å². The van der Waals surface area contributed by atoms with E-state index in [1.54, 1.807) is 43.5 Å². The van der Waals surface area contributed by atoms with Gasteiger partial charge in [-0.15, -0.1) is 0 Å². The molecule has 3 aromatic carbocycles. The molecule has 6 nitrogen and oxygen atoms in total. The van der Waals surface area contributed by atoms with Gasteiger partial charge in [-0.3, -0.25) is 10.2 Å². The van der Waals surface area contributed by atoms with Crippen molar-refractivity contribution in [3.05, 3.63) is 95.2 Å². The number of rotatable bonds is 8. The highest BCUT2D eigenvalue weighted by Gasteiger charge is 2.28. The van der Waals surface area contributed by atoms with Crippen molar-refractivity contribution in [2.75, 3.05) is 6.61 Å². The average Bonchev–Trinajstić information content (AvgIpc) is 3.29. The number of amides is 1. The minimum atomic E-state index is -1.44. The first-order valence-electron chi connectivity index (χ1n) is 10.8. The molecule has 1 atom stereocenters. The number of nitrogen functional groups attached to an aromatic ring is 1. The van der Waals surface area contributed by atoms with Crippen molar-refractivity contribution in [2.45, 2.75) is 19.6 Å². The lowest BCUT2D eigenvalue weighted by Gasteiger charge is -2.19. The lowest BCUT2D eigenvalue weighted by Crippen LogP contribution is -2.31. The number of carbonyl (C=O) groups excluding carboxylic acids is 1. The summed E-state index contributed by atoms with van der Waals surface area (Å²) in [5.74, 6) is -2.43. The second kappa shape index (κ2) is 9.84. The topological polar surface area (TPSA) is 104 Å². The van der Waals surface area contributed by atoms with Crippen LogP contribution in [0.4, 0.5) is 8.78 Å². The van der Waals surface area contributed by atoms with Crippen LogP contribution in [-0.2, 0) is 16.1 Å². The van der Waals surface area contributed by atoms with E-state index in [-0.39, 0.29) is 19.0 Å². The maximum absolute atomic E-state index is 15.1. The van der Waals surface area contributed by atoms with Crippen molar-refractivity contribution in [2.24, 2.45) is 5.73 Å². The summed E-state index contributed by atoms with van der Waals surface area (Å²) in [6.07, 6.45) is 0.351. The van der Waals surface area contributed by atoms with Crippen molar-refractivity contribution < 1.29 is 18.3 Å². The molecule has 1 heterocycles. The van der Waals surface area contributed by atoms with Gasteiger partial charge in [-0.2, -0.15) is 0 Å². The Morgan fingerprint density at radius 1 is 1.06 bits per heavy atom. The van der Waals surface area contributed by atoms with Crippen LogP contribution in [0.3, 0.4) is 0 Å². The molecule has 1 unspecified atom stereocenters. The Morgan fingerprint density at radius 3 is 2.41 bits per heavy atom. The van der Waals surface area contributed by atoms with Crippen LogP contribution in [0.5, 0.6) is 0 Å². The molecule has 1 aromatic heterocycles. The molecular weight excluding hydrogens is 438 g/mol. The maximum Gasteiger partial charge on any atom is 0.254 e. The van der Waals surface area contributed by atoms with Crippen LogP contribution >= 0.6 is 0 Å². The standard InChI is InChI=1S/C26H24F2N4O2/c1-2-34-24(26(33)32-14-15-3-5-16(6-4-15)25(29)30)23-20(27)12-19(13-21(23)28)17-7-8-22-18(11-17)9-10-31-22/h3-13,24,31H,2,14H2,1H3,(H3,29,30)(H,32,33). The van der Waals surface area contributed by atoms with Gasteiger partial charge in [0.1, 0.15) is 17.5 Å². The fraction of sp³-hybridized carbons (Fsp3) is 0.154. The first kappa shape index (κ1) is 23.1. The van der Waals surface area contributed by atoms with Crippen LogP contribution in [0.1, 0.15) is 29.7 Å². The van der Waals surface area contributed by atoms with E-state index in [1.165, 1.54) is 12.1 Å². The second-order valence-corrected chi connectivity index (χ2v) is 7.80. The Morgan fingerprint density at radius 2 is 1.76 bits per heavy atom. The van der Waals surface area contributed by atoms with Crippen molar-refractivity contribution in [1.82, 2.24) is 10.3 Å². The number of aromatic nitrogens is 1. The van der Waals surface area contributed by atoms with Crippen molar-refractivity contribution >= 4 is 22.6 Å². The fourth-order valence-electron chi connectivity index (χ4n) is 3.78. The zero-order valence-corrected chi connectivity index (χ0v) is 18.5. The third-order valence-electron chi connectivity index (χ3n) is 5.53. The Labute approximate surface area is 195 Å². The van der Waals surface area contributed by atoms with Gasteiger partial charge < -0.3 is 20.8 Å². The molecule has 174 valence electrons. The number of aromatic amines is 1. The normalized spacial score (nSPS) is 12.0. The summed E-state index contributed by atoms with van der Waals surface area (Å²) in [7, 11) is 0. The van der Waals surface area contributed by atoms with E-state index in [1.807, 2.05) is 18.2 Å². The highest BCUT2D eigenvalue weighted by atomic mass is 19.1. The Kier molecular flexibility index (Phi) is 6.70. The molecule has 4 aromatic rings. The predicted molar refractivity (Wildman–Crippen MR) is 127 cm³/mol.